The highest BCUT2D eigenvalue weighted by Gasteiger charge is 1.92. The fourth-order valence-electron chi connectivity index (χ4n) is 0.585. The Morgan fingerprint density at radius 1 is 1.62 bits per heavy atom. The smallest absolute Gasteiger partial charge is 0.122 e. The Hall–Kier alpha value is -0.900. The van der Waals surface area contributed by atoms with Crippen LogP contribution in [0.2, 0.25) is 0 Å². The van der Waals surface area contributed by atoms with Crippen LogP contribution < -0.4 is 0 Å². The summed E-state index contributed by atoms with van der Waals surface area (Å²) in [6.45, 7) is 0. The third-order valence-electron chi connectivity index (χ3n) is 0.969. The highest BCUT2D eigenvalue weighted by molar-refractivity contribution is 7.04. The molecule has 8 heavy (non-hydrogen) atoms. The number of nitrogens with zero attached hydrogens (tertiary/aromatic N) is 2. The first-order valence-corrected chi connectivity index (χ1v) is 3.04. The second-order valence-corrected chi connectivity index (χ2v) is 2.11. The molecule has 0 aromatic carbocycles. The van der Waals surface area contributed by atoms with Crippen molar-refractivity contribution >= 4 is 22.6 Å². The summed E-state index contributed by atoms with van der Waals surface area (Å²) >= 11 is 1.44. The van der Waals surface area contributed by atoms with Crippen LogP contribution in [-0.4, -0.2) is 14.6 Å². The molecule has 0 bridgehead atoms. The second-order valence-electron chi connectivity index (χ2n) is 1.48. The summed E-state index contributed by atoms with van der Waals surface area (Å²) in [4.78, 5) is 0. The number of rotatable bonds is 0. The van der Waals surface area contributed by atoms with E-state index in [2.05, 4.69) is 14.6 Å². The van der Waals surface area contributed by atoms with Crippen LogP contribution in [0.3, 0.4) is 0 Å². The molecule has 0 aliphatic rings. The Bertz CT molecular complexity index is 233. The monoisotopic (exact) mass is 125 g/mol. The molecule has 0 aliphatic carbocycles. The standard InChI is InChI=1S/C4H3N3S/c1-3-4(6-5-1)2-8-7-3/h1-2,6H. The maximum atomic E-state index is 4.03. The molecule has 0 fully saturated rings. The van der Waals surface area contributed by atoms with Crippen LogP contribution in [-0.2, 0) is 0 Å². The summed E-state index contributed by atoms with van der Waals surface area (Å²) in [5, 5.41) is 8.51. The van der Waals surface area contributed by atoms with E-state index in [0.717, 1.165) is 11.0 Å². The van der Waals surface area contributed by atoms with Crippen molar-refractivity contribution in [3.63, 3.8) is 0 Å². The molecule has 2 aromatic rings. The Labute approximate surface area is 49.5 Å². The molecule has 4 heteroatoms. The summed E-state index contributed by atoms with van der Waals surface area (Å²) in [6.07, 6.45) is 1.71. The lowest BCUT2D eigenvalue weighted by atomic mass is 10.5. The normalized spacial score (nSPS) is 10.5. The van der Waals surface area contributed by atoms with Crippen molar-refractivity contribution in [1.29, 1.82) is 0 Å². The molecule has 3 nitrogen and oxygen atoms in total. The highest BCUT2D eigenvalue weighted by Crippen LogP contribution is 2.08. The van der Waals surface area contributed by atoms with Gasteiger partial charge in [0.05, 0.1) is 11.7 Å². The van der Waals surface area contributed by atoms with Crippen molar-refractivity contribution in [2.24, 2.45) is 0 Å². The minimum absolute atomic E-state index is 0.954. The predicted molar refractivity (Wildman–Crippen MR) is 31.8 cm³/mol. The van der Waals surface area contributed by atoms with Gasteiger partial charge in [0, 0.05) is 5.38 Å². The lowest BCUT2D eigenvalue weighted by molar-refractivity contribution is 1.12. The van der Waals surface area contributed by atoms with Crippen LogP contribution in [0.25, 0.3) is 11.0 Å². The quantitative estimate of drug-likeness (QED) is 0.571. The summed E-state index contributed by atoms with van der Waals surface area (Å²) in [5.74, 6) is 0. The van der Waals surface area contributed by atoms with Crippen molar-refractivity contribution in [1.82, 2.24) is 14.6 Å². The van der Waals surface area contributed by atoms with E-state index in [1.807, 2.05) is 5.38 Å². The van der Waals surface area contributed by atoms with E-state index in [-0.39, 0.29) is 0 Å². The maximum absolute atomic E-state index is 4.03. The molecule has 0 unspecified atom stereocenters. The fourth-order valence-corrected chi connectivity index (χ4v) is 1.18. The van der Waals surface area contributed by atoms with E-state index in [1.54, 1.807) is 6.20 Å². The van der Waals surface area contributed by atoms with E-state index < -0.39 is 0 Å². The van der Waals surface area contributed by atoms with Crippen molar-refractivity contribution in [2.75, 3.05) is 0 Å². The lowest BCUT2D eigenvalue weighted by Gasteiger charge is -1.62. The Balaban J connectivity index is 3.06. The van der Waals surface area contributed by atoms with Gasteiger partial charge in [-0.05, 0) is 11.5 Å². The molecular formula is C4H3N3S. The van der Waals surface area contributed by atoms with Gasteiger partial charge in [0.15, 0.2) is 0 Å². The van der Waals surface area contributed by atoms with Gasteiger partial charge >= 0.3 is 0 Å². The predicted octanol–water partition coefficient (Wildman–Crippen LogP) is 1.02. The van der Waals surface area contributed by atoms with Gasteiger partial charge in [-0.25, -0.2) is 0 Å². The van der Waals surface area contributed by atoms with Crippen molar-refractivity contribution < 1.29 is 0 Å². The average Bonchev–Trinajstić information content (AvgIpc) is 2.15. The highest BCUT2D eigenvalue weighted by atomic mass is 32.1. The summed E-state index contributed by atoms with van der Waals surface area (Å²) < 4.78 is 4.03. The van der Waals surface area contributed by atoms with E-state index in [4.69, 9.17) is 0 Å². The van der Waals surface area contributed by atoms with Crippen LogP contribution in [0.1, 0.15) is 0 Å². The van der Waals surface area contributed by atoms with Gasteiger partial charge in [-0.1, -0.05) is 0 Å². The number of nitrogens with one attached hydrogen (secondary N) is 1. The Morgan fingerprint density at radius 3 is 3.50 bits per heavy atom. The summed E-state index contributed by atoms with van der Waals surface area (Å²) in [6, 6.07) is 0. The van der Waals surface area contributed by atoms with Gasteiger partial charge in [0.2, 0.25) is 0 Å². The van der Waals surface area contributed by atoms with E-state index >= 15 is 0 Å². The SMILES string of the molecule is c1n[nH]c2csnc12. The number of aromatic amines is 1. The zero-order valence-electron chi connectivity index (χ0n) is 3.96. The molecule has 2 heterocycles. The van der Waals surface area contributed by atoms with Crippen LogP contribution >= 0.6 is 11.5 Å². The molecular weight excluding hydrogens is 122 g/mol. The van der Waals surface area contributed by atoms with Gasteiger partial charge < -0.3 is 0 Å². The van der Waals surface area contributed by atoms with Crippen LogP contribution in [0.5, 0.6) is 0 Å². The summed E-state index contributed by atoms with van der Waals surface area (Å²) in [7, 11) is 0. The first-order chi connectivity index (χ1) is 3.97. The van der Waals surface area contributed by atoms with Gasteiger partial charge in [0.25, 0.3) is 0 Å². The largest absolute Gasteiger partial charge is 0.275 e. The molecule has 0 saturated heterocycles. The molecule has 0 amide bonds. The average molecular weight is 125 g/mol. The number of hydrogen-bond acceptors (Lipinski definition) is 3. The molecule has 0 aliphatic heterocycles. The molecule has 1 N–H and O–H groups in total. The molecule has 40 valence electrons. The molecule has 0 saturated carbocycles. The Kier molecular flexibility index (Phi) is 0.648. The number of fused-ring (bicyclic) bond motifs is 1. The maximum Gasteiger partial charge on any atom is 0.122 e. The minimum atomic E-state index is 0.954. The van der Waals surface area contributed by atoms with Gasteiger partial charge in [-0.2, -0.15) is 9.47 Å². The second kappa shape index (κ2) is 1.29. The van der Waals surface area contributed by atoms with Gasteiger partial charge in [0.1, 0.15) is 5.52 Å². The van der Waals surface area contributed by atoms with Crippen LogP contribution in [0.15, 0.2) is 11.6 Å². The fraction of sp³-hybridized carbons (Fsp3) is 0. The van der Waals surface area contributed by atoms with Crippen LogP contribution in [0, 0.1) is 0 Å². The third kappa shape index (κ3) is 0.376. The topological polar surface area (TPSA) is 41.6 Å². The number of hydrogen-bond donors (Lipinski definition) is 1. The number of aromatic nitrogens is 3. The molecule has 0 atom stereocenters. The zero-order chi connectivity index (χ0) is 5.40. The van der Waals surface area contributed by atoms with Gasteiger partial charge in [-0.15, -0.1) is 0 Å². The first kappa shape index (κ1) is 4.03. The van der Waals surface area contributed by atoms with Crippen molar-refractivity contribution in [3.8, 4) is 0 Å². The lowest BCUT2D eigenvalue weighted by Crippen LogP contribution is -1.58. The first-order valence-electron chi connectivity index (χ1n) is 2.20. The molecule has 2 rings (SSSR count). The van der Waals surface area contributed by atoms with E-state index in [1.165, 1.54) is 11.5 Å². The van der Waals surface area contributed by atoms with E-state index in [9.17, 15) is 0 Å². The minimum Gasteiger partial charge on any atom is -0.275 e. The van der Waals surface area contributed by atoms with Gasteiger partial charge in [-0.3, -0.25) is 5.10 Å². The third-order valence-corrected chi connectivity index (χ3v) is 1.61. The van der Waals surface area contributed by atoms with Crippen molar-refractivity contribution in [3.05, 3.63) is 11.6 Å². The molecule has 0 radical (unpaired) electrons. The molecule has 2 aromatic heterocycles. The zero-order valence-corrected chi connectivity index (χ0v) is 4.77. The number of H-pyrrole nitrogens is 1. The summed E-state index contributed by atoms with van der Waals surface area (Å²) in [5.41, 5.74) is 1.98. The van der Waals surface area contributed by atoms with Crippen molar-refractivity contribution in [2.45, 2.75) is 0 Å². The van der Waals surface area contributed by atoms with E-state index in [0.29, 0.717) is 0 Å². The molecule has 0 spiro atoms. The Morgan fingerprint density at radius 2 is 2.62 bits per heavy atom. The van der Waals surface area contributed by atoms with Crippen LogP contribution in [0.4, 0.5) is 0 Å².